The largest absolute Gasteiger partial charge is 0.390 e. The summed E-state index contributed by atoms with van der Waals surface area (Å²) < 4.78 is 1.24. The van der Waals surface area contributed by atoms with E-state index in [1.165, 1.54) is 4.68 Å². The Hall–Kier alpha value is -1.72. The van der Waals surface area contributed by atoms with Crippen molar-refractivity contribution in [2.24, 2.45) is 5.73 Å². The highest BCUT2D eigenvalue weighted by molar-refractivity contribution is 5.80. The first kappa shape index (κ1) is 10.8. The normalized spacial score (nSPS) is 12.9. The van der Waals surface area contributed by atoms with Gasteiger partial charge in [-0.3, -0.25) is 4.79 Å². The van der Waals surface area contributed by atoms with Gasteiger partial charge in [-0.05, 0) is 6.07 Å². The van der Waals surface area contributed by atoms with Crippen molar-refractivity contribution in [2.75, 3.05) is 6.54 Å². The molecule has 5 nitrogen and oxygen atoms in total. The molecule has 84 valence electrons. The average Bonchev–Trinajstić information content (AvgIpc) is 2.33. The average molecular weight is 219 g/mol. The smallest absolute Gasteiger partial charge is 0.274 e. The van der Waals surface area contributed by atoms with Crippen LogP contribution in [-0.4, -0.2) is 27.5 Å². The molecular formula is C11H13N3O2. The highest BCUT2D eigenvalue weighted by atomic mass is 16.3. The van der Waals surface area contributed by atoms with Crippen LogP contribution in [0.1, 0.15) is 0 Å². The second kappa shape index (κ2) is 4.42. The molecule has 0 fully saturated rings. The van der Waals surface area contributed by atoms with Crippen LogP contribution in [-0.2, 0) is 6.54 Å². The molecule has 0 aliphatic heterocycles. The molecule has 2 rings (SSSR count). The van der Waals surface area contributed by atoms with Crippen molar-refractivity contribution in [2.45, 2.75) is 12.6 Å². The Kier molecular flexibility index (Phi) is 2.98. The number of rotatable bonds is 3. The van der Waals surface area contributed by atoms with Gasteiger partial charge in [0.25, 0.3) is 5.56 Å². The molecule has 0 radical (unpaired) electrons. The third kappa shape index (κ3) is 1.95. The number of aliphatic hydroxyl groups excluding tert-OH is 1. The maximum absolute atomic E-state index is 11.9. The van der Waals surface area contributed by atoms with Crippen molar-refractivity contribution in [3.05, 3.63) is 40.8 Å². The van der Waals surface area contributed by atoms with Gasteiger partial charge < -0.3 is 10.8 Å². The fourth-order valence-electron chi connectivity index (χ4n) is 1.53. The summed E-state index contributed by atoms with van der Waals surface area (Å²) >= 11 is 0. The molecular weight excluding hydrogens is 206 g/mol. The molecule has 0 saturated carbocycles. The SMILES string of the molecule is NCC(O)Cn1ncc2ccccc2c1=O. The Labute approximate surface area is 92.1 Å². The first-order valence-electron chi connectivity index (χ1n) is 5.05. The van der Waals surface area contributed by atoms with Gasteiger partial charge in [-0.25, -0.2) is 4.68 Å². The summed E-state index contributed by atoms with van der Waals surface area (Å²) in [6.07, 6.45) is 0.867. The minimum Gasteiger partial charge on any atom is -0.390 e. The molecule has 0 aliphatic carbocycles. The van der Waals surface area contributed by atoms with Gasteiger partial charge in [0.2, 0.25) is 0 Å². The van der Waals surface area contributed by atoms with Crippen LogP contribution < -0.4 is 11.3 Å². The molecule has 0 amide bonds. The first-order chi connectivity index (χ1) is 7.72. The third-order valence-corrected chi connectivity index (χ3v) is 2.42. The second-order valence-corrected chi connectivity index (χ2v) is 3.61. The molecule has 5 heteroatoms. The van der Waals surface area contributed by atoms with E-state index in [2.05, 4.69) is 5.10 Å². The standard InChI is InChI=1S/C11H13N3O2/c12-5-9(15)7-14-11(16)10-4-2-1-3-8(10)6-13-14/h1-4,6,9,15H,5,7,12H2. The van der Waals surface area contributed by atoms with Crippen molar-refractivity contribution in [3.8, 4) is 0 Å². The van der Waals surface area contributed by atoms with Crippen LogP contribution in [0.4, 0.5) is 0 Å². The van der Waals surface area contributed by atoms with Crippen molar-refractivity contribution in [1.82, 2.24) is 9.78 Å². The monoisotopic (exact) mass is 219 g/mol. The van der Waals surface area contributed by atoms with Gasteiger partial charge in [0.05, 0.1) is 24.2 Å². The number of nitrogens with zero attached hydrogens (tertiary/aromatic N) is 2. The van der Waals surface area contributed by atoms with Gasteiger partial charge in [-0.2, -0.15) is 5.10 Å². The second-order valence-electron chi connectivity index (χ2n) is 3.61. The lowest BCUT2D eigenvalue weighted by Crippen LogP contribution is -2.32. The first-order valence-corrected chi connectivity index (χ1v) is 5.05. The lowest BCUT2D eigenvalue weighted by atomic mass is 10.2. The maximum atomic E-state index is 11.9. The zero-order valence-corrected chi connectivity index (χ0v) is 8.71. The molecule has 1 aromatic heterocycles. The Bertz CT molecular complexity index is 550. The van der Waals surface area contributed by atoms with E-state index in [1.807, 2.05) is 12.1 Å². The lowest BCUT2D eigenvalue weighted by Gasteiger charge is -2.09. The molecule has 1 unspecified atom stereocenters. The van der Waals surface area contributed by atoms with E-state index >= 15 is 0 Å². The van der Waals surface area contributed by atoms with Gasteiger partial charge in [-0.15, -0.1) is 0 Å². The van der Waals surface area contributed by atoms with E-state index in [1.54, 1.807) is 18.3 Å². The fourth-order valence-corrected chi connectivity index (χ4v) is 1.53. The molecule has 0 aliphatic rings. The molecule has 1 heterocycles. The lowest BCUT2D eigenvalue weighted by molar-refractivity contribution is 0.155. The number of hydrogen-bond acceptors (Lipinski definition) is 4. The van der Waals surface area contributed by atoms with Crippen LogP contribution in [0.5, 0.6) is 0 Å². The zero-order valence-electron chi connectivity index (χ0n) is 8.71. The van der Waals surface area contributed by atoms with Crippen LogP contribution in [0.15, 0.2) is 35.3 Å². The summed E-state index contributed by atoms with van der Waals surface area (Å²) in [5.74, 6) is 0. The van der Waals surface area contributed by atoms with Crippen molar-refractivity contribution >= 4 is 10.8 Å². The molecule has 16 heavy (non-hydrogen) atoms. The van der Waals surface area contributed by atoms with Crippen molar-refractivity contribution < 1.29 is 5.11 Å². The van der Waals surface area contributed by atoms with Crippen LogP contribution in [0, 0.1) is 0 Å². The minimum atomic E-state index is -0.744. The van der Waals surface area contributed by atoms with E-state index in [0.717, 1.165) is 5.39 Å². The summed E-state index contributed by atoms with van der Waals surface area (Å²) in [4.78, 5) is 11.9. The van der Waals surface area contributed by atoms with Crippen LogP contribution in [0.25, 0.3) is 10.8 Å². The number of fused-ring (bicyclic) bond motifs is 1. The topological polar surface area (TPSA) is 81.1 Å². The van der Waals surface area contributed by atoms with Gasteiger partial charge >= 0.3 is 0 Å². The van der Waals surface area contributed by atoms with E-state index < -0.39 is 6.10 Å². The van der Waals surface area contributed by atoms with Gasteiger partial charge in [0.15, 0.2) is 0 Å². The molecule has 1 atom stereocenters. The predicted octanol–water partition coefficient (Wildman–Crippen LogP) is -0.284. The Morgan fingerprint density at radius 3 is 2.94 bits per heavy atom. The fraction of sp³-hybridized carbons (Fsp3) is 0.273. The Balaban J connectivity index is 2.49. The number of aromatic nitrogens is 2. The number of aliphatic hydroxyl groups is 1. The summed E-state index contributed by atoms with van der Waals surface area (Å²) in [6, 6.07) is 7.22. The Morgan fingerprint density at radius 2 is 2.19 bits per heavy atom. The van der Waals surface area contributed by atoms with E-state index in [9.17, 15) is 9.90 Å². The molecule has 3 N–H and O–H groups in total. The van der Waals surface area contributed by atoms with Crippen molar-refractivity contribution in [3.63, 3.8) is 0 Å². The molecule has 0 bridgehead atoms. The van der Waals surface area contributed by atoms with Gasteiger partial charge in [0, 0.05) is 11.9 Å². The highest BCUT2D eigenvalue weighted by Gasteiger charge is 2.07. The maximum Gasteiger partial charge on any atom is 0.274 e. The van der Waals surface area contributed by atoms with Crippen LogP contribution >= 0.6 is 0 Å². The molecule has 2 aromatic rings. The quantitative estimate of drug-likeness (QED) is 0.743. The minimum absolute atomic E-state index is 0.112. The van der Waals surface area contributed by atoms with Gasteiger partial charge in [-0.1, -0.05) is 18.2 Å². The van der Waals surface area contributed by atoms with Gasteiger partial charge in [0.1, 0.15) is 0 Å². The number of hydrogen-bond donors (Lipinski definition) is 2. The number of benzene rings is 1. The molecule has 0 spiro atoms. The van der Waals surface area contributed by atoms with Crippen LogP contribution in [0.3, 0.4) is 0 Å². The highest BCUT2D eigenvalue weighted by Crippen LogP contribution is 2.06. The molecule has 1 aromatic carbocycles. The summed E-state index contributed by atoms with van der Waals surface area (Å²) in [5, 5.41) is 14.8. The third-order valence-electron chi connectivity index (χ3n) is 2.42. The Morgan fingerprint density at radius 1 is 1.44 bits per heavy atom. The summed E-state index contributed by atoms with van der Waals surface area (Å²) in [7, 11) is 0. The summed E-state index contributed by atoms with van der Waals surface area (Å²) in [5.41, 5.74) is 5.09. The van der Waals surface area contributed by atoms with Crippen molar-refractivity contribution in [1.29, 1.82) is 0 Å². The predicted molar refractivity (Wildman–Crippen MR) is 61.1 cm³/mol. The van der Waals surface area contributed by atoms with E-state index in [-0.39, 0.29) is 18.6 Å². The summed E-state index contributed by atoms with van der Waals surface area (Å²) in [6.45, 7) is 0.237. The zero-order chi connectivity index (χ0) is 11.5. The number of nitrogens with two attached hydrogens (primary N) is 1. The van der Waals surface area contributed by atoms with Crippen LogP contribution in [0.2, 0.25) is 0 Å². The van der Waals surface area contributed by atoms with E-state index in [4.69, 9.17) is 5.73 Å². The van der Waals surface area contributed by atoms with E-state index in [0.29, 0.717) is 5.39 Å². The molecule has 0 saturated heterocycles.